The van der Waals surface area contributed by atoms with Gasteiger partial charge in [0.05, 0.1) is 11.5 Å². The van der Waals surface area contributed by atoms with E-state index in [4.69, 9.17) is 11.6 Å². The SMILES string of the molecule is O=C(Nc1nn(Cc2ccccc2)cc1Cl)c1cccc([N+](=O)[O-])c1. The number of halogens is 1. The van der Waals surface area contributed by atoms with Gasteiger partial charge in [-0.15, -0.1) is 0 Å². The molecule has 3 rings (SSSR count). The first-order valence-corrected chi connectivity index (χ1v) is 7.73. The lowest BCUT2D eigenvalue weighted by atomic mass is 10.2. The molecule has 7 nitrogen and oxygen atoms in total. The van der Waals surface area contributed by atoms with Gasteiger partial charge < -0.3 is 5.32 Å². The van der Waals surface area contributed by atoms with Crippen molar-refractivity contribution < 1.29 is 9.72 Å². The molecule has 0 aliphatic heterocycles. The summed E-state index contributed by atoms with van der Waals surface area (Å²) in [6, 6.07) is 15.1. The van der Waals surface area contributed by atoms with Gasteiger partial charge in [0.2, 0.25) is 0 Å². The molecule has 0 aliphatic rings. The smallest absolute Gasteiger partial charge is 0.270 e. The molecular weight excluding hydrogens is 344 g/mol. The number of carbonyl (C=O) groups excluding carboxylic acids is 1. The number of anilines is 1. The van der Waals surface area contributed by atoms with Crippen molar-refractivity contribution >= 4 is 29.0 Å². The van der Waals surface area contributed by atoms with Gasteiger partial charge in [0.15, 0.2) is 5.82 Å². The number of nitrogens with one attached hydrogen (secondary N) is 1. The summed E-state index contributed by atoms with van der Waals surface area (Å²) in [5.74, 6) is -0.315. The first-order valence-electron chi connectivity index (χ1n) is 7.35. The van der Waals surface area contributed by atoms with Crippen molar-refractivity contribution in [2.45, 2.75) is 6.54 Å². The Labute approximate surface area is 148 Å². The molecule has 0 spiro atoms. The molecule has 8 heteroatoms. The molecule has 0 radical (unpaired) electrons. The van der Waals surface area contributed by atoms with E-state index in [0.717, 1.165) is 5.56 Å². The highest BCUT2D eigenvalue weighted by atomic mass is 35.5. The first kappa shape index (κ1) is 16.7. The Balaban J connectivity index is 1.75. The van der Waals surface area contributed by atoms with Crippen molar-refractivity contribution in [2.24, 2.45) is 0 Å². The molecule has 0 bridgehead atoms. The van der Waals surface area contributed by atoms with Crippen LogP contribution in [0, 0.1) is 10.1 Å². The van der Waals surface area contributed by atoms with E-state index in [9.17, 15) is 14.9 Å². The largest absolute Gasteiger partial charge is 0.304 e. The Kier molecular flexibility index (Phi) is 4.76. The fourth-order valence-electron chi connectivity index (χ4n) is 2.27. The van der Waals surface area contributed by atoms with Crippen LogP contribution in [0.1, 0.15) is 15.9 Å². The molecule has 1 N–H and O–H groups in total. The minimum absolute atomic E-state index is 0.155. The van der Waals surface area contributed by atoms with Gasteiger partial charge in [-0.25, -0.2) is 0 Å². The number of rotatable bonds is 5. The minimum Gasteiger partial charge on any atom is -0.304 e. The van der Waals surface area contributed by atoms with E-state index < -0.39 is 10.8 Å². The average Bonchev–Trinajstić information content (AvgIpc) is 2.95. The molecule has 0 fully saturated rings. The third-order valence-electron chi connectivity index (χ3n) is 3.46. The Bertz CT molecular complexity index is 925. The molecule has 0 aliphatic carbocycles. The van der Waals surface area contributed by atoms with Gasteiger partial charge >= 0.3 is 0 Å². The average molecular weight is 357 g/mol. The summed E-state index contributed by atoms with van der Waals surface area (Å²) in [4.78, 5) is 22.5. The van der Waals surface area contributed by atoms with Gasteiger partial charge in [0, 0.05) is 23.9 Å². The number of hydrogen-bond acceptors (Lipinski definition) is 4. The lowest BCUT2D eigenvalue weighted by Crippen LogP contribution is -2.13. The summed E-state index contributed by atoms with van der Waals surface area (Å²) in [6.45, 7) is 0.507. The number of non-ortho nitro benzene ring substituents is 1. The van der Waals surface area contributed by atoms with E-state index in [-0.39, 0.29) is 22.1 Å². The summed E-state index contributed by atoms with van der Waals surface area (Å²) in [5, 5.41) is 17.9. The number of benzene rings is 2. The second-order valence-electron chi connectivity index (χ2n) is 5.27. The van der Waals surface area contributed by atoms with Gasteiger partial charge in [-0.3, -0.25) is 19.6 Å². The third-order valence-corrected chi connectivity index (χ3v) is 3.73. The Morgan fingerprint density at radius 1 is 1.20 bits per heavy atom. The second-order valence-corrected chi connectivity index (χ2v) is 5.68. The van der Waals surface area contributed by atoms with Crippen LogP contribution in [0.5, 0.6) is 0 Å². The molecule has 0 atom stereocenters. The van der Waals surface area contributed by atoms with Crippen LogP contribution in [-0.4, -0.2) is 20.6 Å². The zero-order chi connectivity index (χ0) is 17.8. The van der Waals surface area contributed by atoms with Crippen molar-refractivity contribution in [1.29, 1.82) is 0 Å². The Morgan fingerprint density at radius 2 is 1.96 bits per heavy atom. The summed E-state index contributed by atoms with van der Waals surface area (Å²) < 4.78 is 1.61. The molecule has 0 unspecified atom stereocenters. The predicted octanol–water partition coefficient (Wildman–Crippen LogP) is 3.75. The van der Waals surface area contributed by atoms with E-state index in [2.05, 4.69) is 10.4 Å². The number of hydrogen-bond donors (Lipinski definition) is 1. The van der Waals surface area contributed by atoms with Crippen LogP contribution in [0.3, 0.4) is 0 Å². The molecule has 3 aromatic rings. The third kappa shape index (κ3) is 4.02. The minimum atomic E-state index is -0.557. The summed E-state index contributed by atoms with van der Waals surface area (Å²) in [7, 11) is 0. The summed E-state index contributed by atoms with van der Waals surface area (Å²) in [6.07, 6.45) is 1.61. The highest BCUT2D eigenvalue weighted by molar-refractivity contribution is 6.33. The second kappa shape index (κ2) is 7.14. The van der Waals surface area contributed by atoms with Crippen LogP contribution in [0.25, 0.3) is 0 Å². The van der Waals surface area contributed by atoms with E-state index >= 15 is 0 Å². The Hall–Kier alpha value is -3.19. The van der Waals surface area contributed by atoms with Crippen LogP contribution in [-0.2, 0) is 6.54 Å². The zero-order valence-electron chi connectivity index (χ0n) is 12.9. The maximum absolute atomic E-state index is 12.3. The van der Waals surface area contributed by atoms with Crippen LogP contribution < -0.4 is 5.32 Å². The summed E-state index contributed by atoms with van der Waals surface area (Å²) in [5.41, 5.74) is 1.04. The number of nitro benzene ring substituents is 1. The Morgan fingerprint density at radius 3 is 2.68 bits per heavy atom. The van der Waals surface area contributed by atoms with E-state index in [1.54, 1.807) is 10.9 Å². The maximum atomic E-state index is 12.3. The molecule has 0 saturated carbocycles. The van der Waals surface area contributed by atoms with E-state index in [1.807, 2.05) is 30.3 Å². The zero-order valence-corrected chi connectivity index (χ0v) is 13.7. The predicted molar refractivity (Wildman–Crippen MR) is 93.8 cm³/mol. The lowest BCUT2D eigenvalue weighted by molar-refractivity contribution is -0.384. The van der Waals surface area contributed by atoms with Crippen molar-refractivity contribution in [1.82, 2.24) is 9.78 Å². The van der Waals surface area contributed by atoms with Crippen LogP contribution in [0.2, 0.25) is 5.02 Å². The lowest BCUT2D eigenvalue weighted by Gasteiger charge is -2.03. The van der Waals surface area contributed by atoms with Gasteiger partial charge in [-0.1, -0.05) is 48.0 Å². The van der Waals surface area contributed by atoms with E-state index in [1.165, 1.54) is 24.3 Å². The number of amides is 1. The van der Waals surface area contributed by atoms with Gasteiger partial charge in [0.1, 0.15) is 5.02 Å². The number of nitrogens with zero attached hydrogens (tertiary/aromatic N) is 3. The number of nitro groups is 1. The monoisotopic (exact) mass is 356 g/mol. The number of aromatic nitrogens is 2. The molecule has 25 heavy (non-hydrogen) atoms. The topological polar surface area (TPSA) is 90.1 Å². The van der Waals surface area contributed by atoms with Crippen LogP contribution in [0.15, 0.2) is 60.8 Å². The van der Waals surface area contributed by atoms with Crippen LogP contribution in [0.4, 0.5) is 11.5 Å². The van der Waals surface area contributed by atoms with Crippen molar-refractivity contribution in [3.05, 3.63) is 87.1 Å². The quantitative estimate of drug-likeness (QED) is 0.557. The molecule has 2 aromatic carbocycles. The highest BCUT2D eigenvalue weighted by Gasteiger charge is 2.15. The van der Waals surface area contributed by atoms with Crippen molar-refractivity contribution in [2.75, 3.05) is 5.32 Å². The van der Waals surface area contributed by atoms with E-state index in [0.29, 0.717) is 6.54 Å². The molecule has 126 valence electrons. The van der Waals surface area contributed by atoms with Crippen molar-refractivity contribution in [3.63, 3.8) is 0 Å². The normalized spacial score (nSPS) is 10.4. The number of carbonyl (C=O) groups is 1. The molecule has 1 heterocycles. The highest BCUT2D eigenvalue weighted by Crippen LogP contribution is 2.21. The van der Waals surface area contributed by atoms with Crippen molar-refractivity contribution in [3.8, 4) is 0 Å². The molecule has 1 aromatic heterocycles. The maximum Gasteiger partial charge on any atom is 0.270 e. The molecule has 1 amide bonds. The fourth-order valence-corrected chi connectivity index (χ4v) is 2.47. The first-order chi connectivity index (χ1) is 12.0. The molecule has 0 saturated heterocycles. The standard InChI is InChI=1S/C17H13ClN4O3/c18-15-11-21(10-12-5-2-1-3-6-12)20-16(15)19-17(23)13-7-4-8-14(9-13)22(24)25/h1-9,11H,10H2,(H,19,20,23). The van der Waals surface area contributed by atoms with Gasteiger partial charge in [0.25, 0.3) is 11.6 Å². The van der Waals surface area contributed by atoms with Gasteiger partial charge in [-0.2, -0.15) is 5.10 Å². The van der Waals surface area contributed by atoms with Crippen LogP contribution >= 0.6 is 11.6 Å². The molecular formula is C17H13ClN4O3. The summed E-state index contributed by atoms with van der Waals surface area (Å²) >= 11 is 6.12. The van der Waals surface area contributed by atoms with Gasteiger partial charge in [-0.05, 0) is 11.6 Å². The fraction of sp³-hybridized carbons (Fsp3) is 0.0588.